The van der Waals surface area contributed by atoms with Gasteiger partial charge < -0.3 is 5.73 Å². The molecule has 2 rings (SSSR count). The van der Waals surface area contributed by atoms with Gasteiger partial charge in [-0.3, -0.25) is 4.90 Å². The van der Waals surface area contributed by atoms with Crippen molar-refractivity contribution in [3.8, 4) is 0 Å². The van der Waals surface area contributed by atoms with Gasteiger partial charge in [0.2, 0.25) is 0 Å². The number of nitrogens with zero attached hydrogens (tertiary/aromatic N) is 1. The third-order valence-electron chi connectivity index (χ3n) is 4.93. The normalized spacial score (nSPS) is 26.7. The van der Waals surface area contributed by atoms with Crippen LogP contribution in [0.15, 0.2) is 0 Å². The highest BCUT2D eigenvalue weighted by Crippen LogP contribution is 2.33. The molecule has 0 aromatic carbocycles. The van der Waals surface area contributed by atoms with Gasteiger partial charge in [-0.1, -0.05) is 26.7 Å². The highest BCUT2D eigenvalue weighted by molar-refractivity contribution is 7.99. The van der Waals surface area contributed by atoms with E-state index in [0.29, 0.717) is 6.04 Å². The van der Waals surface area contributed by atoms with Crippen molar-refractivity contribution in [3.63, 3.8) is 0 Å². The van der Waals surface area contributed by atoms with Crippen LogP contribution in [0, 0.1) is 11.8 Å². The van der Waals surface area contributed by atoms with Gasteiger partial charge in [0.1, 0.15) is 0 Å². The summed E-state index contributed by atoms with van der Waals surface area (Å²) in [5.41, 5.74) is 6.18. The standard InChI is InChI=1S/C16H32N2S/c1-13(2)7-9-18(15-5-3-4-6-15)16(11-17)14-8-10-19-12-14/h13-16H,3-12,17H2,1-2H3. The van der Waals surface area contributed by atoms with Crippen molar-refractivity contribution >= 4 is 11.8 Å². The molecule has 112 valence electrons. The molecule has 1 saturated carbocycles. The van der Waals surface area contributed by atoms with Crippen molar-refractivity contribution < 1.29 is 0 Å². The Hall–Kier alpha value is 0.270. The predicted molar refractivity (Wildman–Crippen MR) is 86.7 cm³/mol. The van der Waals surface area contributed by atoms with Crippen molar-refractivity contribution in [1.82, 2.24) is 4.90 Å². The summed E-state index contributed by atoms with van der Waals surface area (Å²) in [6, 6.07) is 1.48. The van der Waals surface area contributed by atoms with Crippen LogP contribution in [0.5, 0.6) is 0 Å². The molecule has 2 N–H and O–H groups in total. The van der Waals surface area contributed by atoms with E-state index in [-0.39, 0.29) is 0 Å². The van der Waals surface area contributed by atoms with Gasteiger partial charge in [0.25, 0.3) is 0 Å². The minimum atomic E-state index is 0.650. The Morgan fingerprint density at radius 2 is 1.95 bits per heavy atom. The minimum Gasteiger partial charge on any atom is -0.329 e. The number of rotatable bonds is 7. The van der Waals surface area contributed by atoms with Crippen LogP contribution in [0.25, 0.3) is 0 Å². The molecule has 0 aromatic rings. The van der Waals surface area contributed by atoms with Crippen LogP contribution in [-0.4, -0.2) is 41.6 Å². The third kappa shape index (κ3) is 4.37. The largest absolute Gasteiger partial charge is 0.329 e. The molecule has 19 heavy (non-hydrogen) atoms. The van der Waals surface area contributed by atoms with E-state index >= 15 is 0 Å². The van der Waals surface area contributed by atoms with Crippen molar-refractivity contribution in [2.75, 3.05) is 24.6 Å². The summed E-state index contributed by atoms with van der Waals surface area (Å²) < 4.78 is 0. The molecule has 1 heterocycles. The summed E-state index contributed by atoms with van der Waals surface area (Å²) in [6.07, 6.45) is 8.40. The van der Waals surface area contributed by atoms with Gasteiger partial charge in [-0.15, -0.1) is 0 Å². The Labute approximate surface area is 123 Å². The van der Waals surface area contributed by atoms with Crippen LogP contribution in [-0.2, 0) is 0 Å². The SMILES string of the molecule is CC(C)CCN(C1CCCC1)C(CN)C1CCSC1. The molecular formula is C16H32N2S. The Morgan fingerprint density at radius 3 is 2.47 bits per heavy atom. The zero-order chi connectivity index (χ0) is 13.7. The van der Waals surface area contributed by atoms with Crippen LogP contribution >= 0.6 is 11.8 Å². The molecule has 2 unspecified atom stereocenters. The summed E-state index contributed by atoms with van der Waals surface area (Å²) in [6.45, 7) is 6.82. The van der Waals surface area contributed by atoms with E-state index in [2.05, 4.69) is 30.5 Å². The highest BCUT2D eigenvalue weighted by Gasteiger charge is 2.34. The van der Waals surface area contributed by atoms with E-state index in [1.54, 1.807) is 0 Å². The molecule has 2 aliphatic rings. The van der Waals surface area contributed by atoms with E-state index in [9.17, 15) is 0 Å². The maximum Gasteiger partial charge on any atom is 0.0257 e. The molecule has 1 aliphatic heterocycles. The van der Waals surface area contributed by atoms with Gasteiger partial charge in [-0.2, -0.15) is 11.8 Å². The van der Waals surface area contributed by atoms with E-state index in [0.717, 1.165) is 24.4 Å². The predicted octanol–water partition coefficient (Wildman–Crippen LogP) is 3.36. The van der Waals surface area contributed by atoms with E-state index < -0.39 is 0 Å². The molecule has 0 bridgehead atoms. The minimum absolute atomic E-state index is 0.650. The maximum atomic E-state index is 6.18. The number of thioether (sulfide) groups is 1. The third-order valence-corrected chi connectivity index (χ3v) is 6.12. The summed E-state index contributed by atoms with van der Waals surface area (Å²) in [5, 5.41) is 0. The second kappa shape index (κ2) is 7.90. The first-order chi connectivity index (χ1) is 9.22. The second-order valence-electron chi connectivity index (χ2n) is 6.79. The lowest BCUT2D eigenvalue weighted by molar-refractivity contribution is 0.0981. The van der Waals surface area contributed by atoms with Crippen molar-refractivity contribution in [1.29, 1.82) is 0 Å². The molecule has 0 aromatic heterocycles. The van der Waals surface area contributed by atoms with Crippen molar-refractivity contribution in [2.24, 2.45) is 17.6 Å². The first-order valence-electron chi connectivity index (χ1n) is 8.26. The van der Waals surface area contributed by atoms with Gasteiger partial charge >= 0.3 is 0 Å². The molecule has 2 fully saturated rings. The highest BCUT2D eigenvalue weighted by atomic mass is 32.2. The Balaban J connectivity index is 1.99. The molecule has 3 heteroatoms. The zero-order valence-electron chi connectivity index (χ0n) is 12.8. The lowest BCUT2D eigenvalue weighted by Gasteiger charge is -2.39. The number of hydrogen-bond acceptors (Lipinski definition) is 3. The van der Waals surface area contributed by atoms with Gasteiger partial charge in [-0.25, -0.2) is 0 Å². The monoisotopic (exact) mass is 284 g/mol. The lowest BCUT2D eigenvalue weighted by Crippen LogP contribution is -2.50. The molecule has 2 nitrogen and oxygen atoms in total. The van der Waals surface area contributed by atoms with Crippen LogP contribution in [0.2, 0.25) is 0 Å². The molecule has 0 spiro atoms. The van der Waals surface area contributed by atoms with E-state index in [4.69, 9.17) is 5.73 Å². The second-order valence-corrected chi connectivity index (χ2v) is 7.94. The Bertz CT molecular complexity index is 245. The first kappa shape index (κ1) is 15.7. The lowest BCUT2D eigenvalue weighted by atomic mass is 9.94. The maximum absolute atomic E-state index is 6.18. The zero-order valence-corrected chi connectivity index (χ0v) is 13.6. The fraction of sp³-hybridized carbons (Fsp3) is 1.00. The molecule has 0 amide bonds. The van der Waals surface area contributed by atoms with Crippen LogP contribution in [0.3, 0.4) is 0 Å². The molecule has 2 atom stereocenters. The van der Waals surface area contributed by atoms with Crippen LogP contribution in [0.1, 0.15) is 52.4 Å². The van der Waals surface area contributed by atoms with Gasteiger partial charge in [-0.05, 0) is 55.6 Å². The summed E-state index contributed by atoms with van der Waals surface area (Å²) in [5.74, 6) is 4.35. The topological polar surface area (TPSA) is 29.3 Å². The smallest absolute Gasteiger partial charge is 0.0257 e. The number of nitrogens with two attached hydrogens (primary N) is 1. The molecule has 1 aliphatic carbocycles. The van der Waals surface area contributed by atoms with Gasteiger partial charge in [0, 0.05) is 18.6 Å². The fourth-order valence-electron chi connectivity index (χ4n) is 3.72. The summed E-state index contributed by atoms with van der Waals surface area (Å²) >= 11 is 2.13. The first-order valence-corrected chi connectivity index (χ1v) is 9.41. The van der Waals surface area contributed by atoms with Crippen molar-refractivity contribution in [3.05, 3.63) is 0 Å². The van der Waals surface area contributed by atoms with Gasteiger partial charge in [0.15, 0.2) is 0 Å². The van der Waals surface area contributed by atoms with Gasteiger partial charge in [0.05, 0.1) is 0 Å². The molecule has 0 radical (unpaired) electrons. The average Bonchev–Trinajstić information content (AvgIpc) is 3.06. The van der Waals surface area contributed by atoms with E-state index in [1.807, 2.05) is 0 Å². The summed E-state index contributed by atoms with van der Waals surface area (Å²) in [7, 11) is 0. The quantitative estimate of drug-likeness (QED) is 0.777. The Kier molecular flexibility index (Phi) is 6.51. The fourth-order valence-corrected chi connectivity index (χ4v) is 5.04. The summed E-state index contributed by atoms with van der Waals surface area (Å²) in [4.78, 5) is 2.82. The average molecular weight is 285 g/mol. The number of hydrogen-bond donors (Lipinski definition) is 1. The van der Waals surface area contributed by atoms with Crippen LogP contribution in [0.4, 0.5) is 0 Å². The van der Waals surface area contributed by atoms with Crippen molar-refractivity contribution in [2.45, 2.75) is 64.5 Å². The van der Waals surface area contributed by atoms with Crippen LogP contribution < -0.4 is 5.73 Å². The Morgan fingerprint density at radius 1 is 1.21 bits per heavy atom. The molecule has 1 saturated heterocycles. The van der Waals surface area contributed by atoms with E-state index in [1.165, 1.54) is 56.6 Å². The molecular weight excluding hydrogens is 252 g/mol.